The van der Waals surface area contributed by atoms with Crippen LogP contribution in [0.25, 0.3) is 11.3 Å². The van der Waals surface area contributed by atoms with Crippen LogP contribution < -0.4 is 4.90 Å². The van der Waals surface area contributed by atoms with Crippen LogP contribution in [0.3, 0.4) is 0 Å². The number of nitrogens with one attached hydrogen (secondary N) is 1. The number of aromatic nitrogens is 3. The van der Waals surface area contributed by atoms with E-state index in [0.29, 0.717) is 12.1 Å². The first-order valence-electron chi connectivity index (χ1n) is 7.06. The van der Waals surface area contributed by atoms with E-state index in [1.807, 2.05) is 25.1 Å². The lowest BCUT2D eigenvalue weighted by atomic mass is 10.1. The second-order valence-corrected chi connectivity index (χ2v) is 5.25. The largest absolute Gasteiger partial charge is 0.477 e. The number of nitrogens with zero attached hydrogens (tertiary/aromatic N) is 3. The standard InChI is InChI=1S/C16H16N4O3/c1-10-8-17-12(18-10)9-20(2)15-13(16(21)22)14(23-19-15)11-6-4-3-5-7-11/h3-8H,9H2,1-2H3,(H,17,18)(H,21,22). The van der Waals surface area contributed by atoms with E-state index >= 15 is 0 Å². The smallest absolute Gasteiger partial charge is 0.343 e. The number of carboxylic acids is 1. The second-order valence-electron chi connectivity index (χ2n) is 5.25. The predicted octanol–water partition coefficient (Wildman–Crippen LogP) is 2.71. The van der Waals surface area contributed by atoms with Crippen molar-refractivity contribution in [3.8, 4) is 11.3 Å². The van der Waals surface area contributed by atoms with Gasteiger partial charge in [0.2, 0.25) is 0 Å². The van der Waals surface area contributed by atoms with E-state index in [4.69, 9.17) is 4.52 Å². The third kappa shape index (κ3) is 2.94. The van der Waals surface area contributed by atoms with E-state index in [0.717, 1.165) is 11.5 Å². The van der Waals surface area contributed by atoms with Crippen molar-refractivity contribution in [3.05, 3.63) is 53.6 Å². The highest BCUT2D eigenvalue weighted by molar-refractivity contribution is 5.99. The number of carboxylic acid groups (broad SMARTS) is 1. The first-order chi connectivity index (χ1) is 11.1. The van der Waals surface area contributed by atoms with Crippen LogP contribution in [0.4, 0.5) is 5.82 Å². The third-order valence-electron chi connectivity index (χ3n) is 3.43. The molecule has 0 fully saturated rings. The molecule has 0 saturated heterocycles. The van der Waals surface area contributed by atoms with Gasteiger partial charge < -0.3 is 19.5 Å². The molecule has 2 aromatic heterocycles. The summed E-state index contributed by atoms with van der Waals surface area (Å²) in [7, 11) is 1.75. The number of hydrogen-bond acceptors (Lipinski definition) is 5. The normalized spacial score (nSPS) is 10.7. The minimum Gasteiger partial charge on any atom is -0.477 e. The Bertz CT molecular complexity index is 823. The number of benzene rings is 1. The van der Waals surface area contributed by atoms with Crippen molar-refractivity contribution in [1.82, 2.24) is 15.1 Å². The van der Waals surface area contributed by atoms with Gasteiger partial charge in [0.05, 0.1) is 6.54 Å². The molecule has 0 atom stereocenters. The third-order valence-corrected chi connectivity index (χ3v) is 3.43. The first-order valence-corrected chi connectivity index (χ1v) is 7.06. The van der Waals surface area contributed by atoms with Gasteiger partial charge in [-0.15, -0.1) is 0 Å². The fourth-order valence-electron chi connectivity index (χ4n) is 2.37. The molecule has 118 valence electrons. The SMILES string of the molecule is Cc1cnc(CN(C)c2noc(-c3ccccc3)c2C(=O)O)[nH]1. The lowest BCUT2D eigenvalue weighted by molar-refractivity contribution is 0.0698. The Morgan fingerprint density at radius 2 is 2.09 bits per heavy atom. The highest BCUT2D eigenvalue weighted by Gasteiger charge is 2.26. The number of aryl methyl sites for hydroxylation is 1. The molecule has 0 aliphatic rings. The van der Waals surface area contributed by atoms with Crippen molar-refractivity contribution >= 4 is 11.8 Å². The van der Waals surface area contributed by atoms with E-state index < -0.39 is 5.97 Å². The molecular weight excluding hydrogens is 296 g/mol. The van der Waals surface area contributed by atoms with Crippen LogP contribution in [0, 0.1) is 6.92 Å². The van der Waals surface area contributed by atoms with Crippen molar-refractivity contribution in [1.29, 1.82) is 0 Å². The molecule has 0 amide bonds. The monoisotopic (exact) mass is 312 g/mol. The average molecular weight is 312 g/mol. The van der Waals surface area contributed by atoms with Gasteiger partial charge in [-0.25, -0.2) is 9.78 Å². The van der Waals surface area contributed by atoms with Crippen LogP contribution in [0.2, 0.25) is 0 Å². The summed E-state index contributed by atoms with van der Waals surface area (Å²) in [6.45, 7) is 2.30. The molecule has 0 spiro atoms. The highest BCUT2D eigenvalue weighted by Crippen LogP contribution is 2.31. The summed E-state index contributed by atoms with van der Waals surface area (Å²) in [4.78, 5) is 20.7. The van der Waals surface area contributed by atoms with Crippen molar-refractivity contribution in [2.45, 2.75) is 13.5 Å². The predicted molar refractivity (Wildman–Crippen MR) is 84.3 cm³/mol. The average Bonchev–Trinajstić information content (AvgIpc) is 3.14. The number of aromatic amines is 1. The number of rotatable bonds is 5. The summed E-state index contributed by atoms with van der Waals surface area (Å²) < 4.78 is 5.30. The molecule has 2 N–H and O–H groups in total. The molecular formula is C16H16N4O3. The quantitative estimate of drug-likeness (QED) is 0.752. The van der Waals surface area contributed by atoms with Gasteiger partial charge in [0, 0.05) is 24.5 Å². The van der Waals surface area contributed by atoms with Gasteiger partial charge in [-0.05, 0) is 6.92 Å². The van der Waals surface area contributed by atoms with Crippen LogP contribution in [0.15, 0.2) is 41.1 Å². The van der Waals surface area contributed by atoms with E-state index in [1.54, 1.807) is 30.3 Å². The maximum absolute atomic E-state index is 11.7. The fourth-order valence-corrected chi connectivity index (χ4v) is 2.37. The molecule has 7 heteroatoms. The number of anilines is 1. The Morgan fingerprint density at radius 1 is 1.35 bits per heavy atom. The molecule has 0 unspecified atom stereocenters. The number of hydrogen-bond donors (Lipinski definition) is 2. The van der Waals surface area contributed by atoms with Crippen molar-refractivity contribution < 1.29 is 14.4 Å². The maximum Gasteiger partial charge on any atom is 0.343 e. The highest BCUT2D eigenvalue weighted by atomic mass is 16.5. The maximum atomic E-state index is 11.7. The van der Waals surface area contributed by atoms with E-state index in [1.165, 1.54) is 0 Å². The second kappa shape index (κ2) is 5.96. The molecule has 0 aliphatic heterocycles. The summed E-state index contributed by atoms with van der Waals surface area (Å²) in [5.41, 5.74) is 1.66. The number of aromatic carboxylic acids is 1. The van der Waals surface area contributed by atoms with E-state index in [2.05, 4.69) is 15.1 Å². The molecule has 2 heterocycles. The Hall–Kier alpha value is -3.09. The zero-order chi connectivity index (χ0) is 16.4. The molecule has 3 rings (SSSR count). The zero-order valence-electron chi connectivity index (χ0n) is 12.8. The number of imidazole rings is 1. The molecule has 0 aliphatic carbocycles. The van der Waals surface area contributed by atoms with Crippen molar-refractivity contribution in [2.75, 3.05) is 11.9 Å². The zero-order valence-corrected chi connectivity index (χ0v) is 12.8. The van der Waals surface area contributed by atoms with E-state index in [9.17, 15) is 9.90 Å². The van der Waals surface area contributed by atoms with Gasteiger partial charge >= 0.3 is 5.97 Å². The molecule has 0 saturated carbocycles. The summed E-state index contributed by atoms with van der Waals surface area (Å²) in [5, 5.41) is 13.5. The Kier molecular flexibility index (Phi) is 3.84. The van der Waals surface area contributed by atoms with Crippen LogP contribution in [0.5, 0.6) is 0 Å². The minimum atomic E-state index is -1.08. The summed E-state index contributed by atoms with van der Waals surface area (Å²) in [5.74, 6) is 0.161. The summed E-state index contributed by atoms with van der Waals surface area (Å²) in [6.07, 6.45) is 1.72. The van der Waals surface area contributed by atoms with Gasteiger partial charge in [0.1, 0.15) is 5.82 Å². The molecule has 0 radical (unpaired) electrons. The van der Waals surface area contributed by atoms with Gasteiger partial charge in [-0.3, -0.25) is 0 Å². The van der Waals surface area contributed by atoms with Gasteiger partial charge in [0.25, 0.3) is 0 Å². The van der Waals surface area contributed by atoms with Crippen LogP contribution in [-0.4, -0.2) is 33.2 Å². The van der Waals surface area contributed by atoms with Gasteiger partial charge in [-0.2, -0.15) is 0 Å². The summed E-state index contributed by atoms with van der Waals surface area (Å²) in [6, 6.07) is 9.06. The number of carbonyl (C=O) groups is 1. The minimum absolute atomic E-state index is 0.0435. The summed E-state index contributed by atoms with van der Waals surface area (Å²) >= 11 is 0. The van der Waals surface area contributed by atoms with Gasteiger partial charge in [-0.1, -0.05) is 35.5 Å². The lowest BCUT2D eigenvalue weighted by Gasteiger charge is -2.14. The number of H-pyrrole nitrogens is 1. The molecule has 23 heavy (non-hydrogen) atoms. The Balaban J connectivity index is 1.96. The van der Waals surface area contributed by atoms with Crippen LogP contribution in [-0.2, 0) is 6.54 Å². The molecule has 7 nitrogen and oxygen atoms in total. The Labute approximate surface area is 132 Å². The lowest BCUT2D eigenvalue weighted by Crippen LogP contribution is -2.20. The van der Waals surface area contributed by atoms with Crippen molar-refractivity contribution in [3.63, 3.8) is 0 Å². The first kappa shape index (κ1) is 14.8. The fraction of sp³-hybridized carbons (Fsp3) is 0.188. The van der Waals surface area contributed by atoms with Crippen LogP contribution in [0.1, 0.15) is 21.9 Å². The molecule has 3 aromatic rings. The molecule has 0 bridgehead atoms. The Morgan fingerprint density at radius 3 is 2.70 bits per heavy atom. The van der Waals surface area contributed by atoms with Gasteiger partial charge in [0.15, 0.2) is 17.1 Å². The van der Waals surface area contributed by atoms with E-state index in [-0.39, 0.29) is 17.1 Å². The molecule has 1 aromatic carbocycles. The topological polar surface area (TPSA) is 95.2 Å². The van der Waals surface area contributed by atoms with Crippen LogP contribution >= 0.6 is 0 Å². The van der Waals surface area contributed by atoms with Crippen molar-refractivity contribution in [2.24, 2.45) is 0 Å².